The fraction of sp³-hybridized carbons (Fsp3) is 0.793. The van der Waals surface area contributed by atoms with Crippen LogP contribution in [0, 0.1) is 0 Å². The van der Waals surface area contributed by atoms with Crippen molar-refractivity contribution in [3.8, 4) is 0 Å². The Bertz CT molecular complexity index is 476. The first-order valence-corrected chi connectivity index (χ1v) is 13.7. The molecule has 0 heterocycles. The zero-order chi connectivity index (χ0) is 24.8. The second-order valence-electron chi connectivity index (χ2n) is 9.07. The number of hydrogen-bond acceptors (Lipinski definition) is 2. The van der Waals surface area contributed by atoms with Crippen molar-refractivity contribution in [3.63, 3.8) is 0 Å². The smallest absolute Gasteiger partial charge is 1.00 e. The molecule has 0 bridgehead atoms. The summed E-state index contributed by atoms with van der Waals surface area (Å²) in [5, 5.41) is 16.9. The zero-order valence-electron chi connectivity index (χ0n) is 24.0. The van der Waals surface area contributed by atoms with Crippen molar-refractivity contribution in [1.82, 2.24) is 0 Å². The van der Waals surface area contributed by atoms with Crippen LogP contribution < -0.4 is 29.6 Å². The number of unbranched alkanes of at least 4 members (excludes halogenated alkanes) is 17. The summed E-state index contributed by atoms with van der Waals surface area (Å²) in [6.45, 7) is 5.92. The zero-order valence-corrected chi connectivity index (χ0v) is 25.9. The molecule has 0 aliphatic heterocycles. The van der Waals surface area contributed by atoms with E-state index in [-0.39, 0.29) is 48.1 Å². The van der Waals surface area contributed by atoms with Gasteiger partial charge >= 0.3 is 41.5 Å². The van der Waals surface area contributed by atoms with Crippen LogP contribution in [0.15, 0.2) is 24.8 Å². The third kappa shape index (κ3) is 47.7. The number of hydrogen-bond donors (Lipinski definition) is 2. The van der Waals surface area contributed by atoms with E-state index in [9.17, 15) is 9.59 Å². The average molecular weight is 554 g/mol. The van der Waals surface area contributed by atoms with Gasteiger partial charge in [-0.25, -0.2) is 0 Å². The molecule has 0 unspecified atom stereocenters. The summed E-state index contributed by atoms with van der Waals surface area (Å²) >= 11 is 0. The van der Waals surface area contributed by atoms with E-state index >= 15 is 0 Å². The van der Waals surface area contributed by atoms with E-state index in [1.54, 1.807) is 0 Å². The van der Waals surface area contributed by atoms with E-state index in [1.807, 2.05) is 6.08 Å². The van der Waals surface area contributed by atoms with E-state index < -0.39 is 11.9 Å². The van der Waals surface area contributed by atoms with Gasteiger partial charge in [0.1, 0.15) is 0 Å². The largest absolute Gasteiger partial charge is 1.00 e. The first kappa shape index (κ1) is 42.0. The fourth-order valence-electron chi connectivity index (χ4n) is 3.62. The van der Waals surface area contributed by atoms with Gasteiger partial charge in [0.15, 0.2) is 0 Å². The number of carbonyl (C=O) groups is 2. The molecular weight excluding hydrogens is 499 g/mol. The van der Waals surface area contributed by atoms with Gasteiger partial charge < -0.3 is 11.6 Å². The van der Waals surface area contributed by atoms with E-state index in [2.05, 4.69) is 25.7 Å². The molecular formula is C29H55CuNaO4. The molecule has 0 aliphatic rings. The van der Waals surface area contributed by atoms with Crippen molar-refractivity contribution in [2.75, 3.05) is 0 Å². The number of carboxylic acid groups (broad SMARTS) is 2. The Labute approximate surface area is 251 Å². The van der Waals surface area contributed by atoms with Crippen LogP contribution in [0.2, 0.25) is 0 Å². The predicted octanol–water partition coefficient (Wildman–Crippen LogP) is 6.60. The van der Waals surface area contributed by atoms with Gasteiger partial charge in [-0.05, 0) is 51.4 Å². The Hall–Kier alpha value is -0.0605. The summed E-state index contributed by atoms with van der Waals surface area (Å²) in [5.74, 6) is -1.34. The second-order valence-corrected chi connectivity index (χ2v) is 9.07. The van der Waals surface area contributed by atoms with Crippen molar-refractivity contribution in [2.24, 2.45) is 0 Å². The minimum Gasteiger partial charge on any atom is -1.00 e. The van der Waals surface area contributed by atoms with E-state index in [0.29, 0.717) is 12.8 Å². The molecule has 0 aliphatic carbocycles. The summed E-state index contributed by atoms with van der Waals surface area (Å²) in [5.41, 5.74) is 0. The predicted molar refractivity (Wildman–Crippen MR) is 143 cm³/mol. The molecule has 0 atom stereocenters. The molecule has 1 radical (unpaired) electrons. The molecule has 0 aromatic rings. The molecule has 4 nitrogen and oxygen atoms in total. The molecule has 35 heavy (non-hydrogen) atoms. The molecule has 0 saturated heterocycles. The molecule has 207 valence electrons. The molecule has 6 heteroatoms. The Morgan fingerprint density at radius 3 is 1.26 bits per heavy atom. The molecule has 2 N–H and O–H groups in total. The second kappa shape index (κ2) is 38.5. The van der Waals surface area contributed by atoms with Crippen molar-refractivity contribution >= 4 is 11.9 Å². The number of rotatable bonds is 24. The van der Waals surface area contributed by atoms with Gasteiger partial charge in [0.2, 0.25) is 0 Å². The minimum absolute atomic E-state index is 0. The van der Waals surface area contributed by atoms with E-state index in [1.165, 1.54) is 96.3 Å². The molecule has 0 rings (SSSR count). The summed E-state index contributed by atoms with van der Waals surface area (Å²) in [4.78, 5) is 20.5. The maximum atomic E-state index is 10.3. The van der Waals surface area contributed by atoms with Crippen LogP contribution >= 0.6 is 0 Å². The van der Waals surface area contributed by atoms with Crippen LogP contribution in [0.5, 0.6) is 0 Å². The first-order valence-electron chi connectivity index (χ1n) is 13.7. The summed E-state index contributed by atoms with van der Waals surface area (Å²) in [6, 6.07) is 0. The van der Waals surface area contributed by atoms with Crippen LogP contribution in [0.4, 0.5) is 0 Å². The Balaban J connectivity index is -0.000000177. The van der Waals surface area contributed by atoms with Crippen molar-refractivity contribution in [1.29, 1.82) is 0 Å². The van der Waals surface area contributed by atoms with Crippen LogP contribution in [-0.4, -0.2) is 22.2 Å². The average Bonchev–Trinajstić information content (AvgIpc) is 2.78. The van der Waals surface area contributed by atoms with Crippen LogP contribution in [0.1, 0.15) is 150 Å². The molecule has 0 spiro atoms. The van der Waals surface area contributed by atoms with Gasteiger partial charge in [0.05, 0.1) is 0 Å². The monoisotopic (exact) mass is 553 g/mol. The quantitative estimate of drug-likeness (QED) is 0.0802. The van der Waals surface area contributed by atoms with Crippen molar-refractivity contribution in [2.45, 2.75) is 148 Å². The number of aliphatic carboxylic acids is 2. The molecule has 0 saturated carbocycles. The Morgan fingerprint density at radius 1 is 0.600 bits per heavy atom. The Morgan fingerprint density at radius 2 is 0.914 bits per heavy atom. The van der Waals surface area contributed by atoms with Crippen LogP contribution in [0.25, 0.3) is 0 Å². The van der Waals surface area contributed by atoms with Gasteiger partial charge in [0.25, 0.3) is 0 Å². The molecule has 0 aromatic heterocycles. The number of carboxylic acids is 2. The third-order valence-corrected chi connectivity index (χ3v) is 5.70. The van der Waals surface area contributed by atoms with Gasteiger partial charge in [-0.2, -0.15) is 0 Å². The van der Waals surface area contributed by atoms with Gasteiger partial charge in [-0.1, -0.05) is 102 Å². The SMILES string of the molecule is C=CCCCCCCCCC(=O)O.CCCCCCCC/C=C\CCCCCCCC(=O)O.[Cu].[H-].[Na+]. The first-order chi connectivity index (χ1) is 16.0. The molecule has 0 amide bonds. The molecule has 0 fully saturated rings. The van der Waals surface area contributed by atoms with Crippen LogP contribution in [-0.2, 0) is 26.7 Å². The maximum absolute atomic E-state index is 10.3. The summed E-state index contributed by atoms with van der Waals surface area (Å²) < 4.78 is 0. The Kier molecular flexibility index (Phi) is 46.2. The van der Waals surface area contributed by atoms with Gasteiger partial charge in [-0.15, -0.1) is 6.58 Å². The normalized spacial score (nSPS) is 10.1. The minimum atomic E-state index is -0.674. The van der Waals surface area contributed by atoms with Gasteiger partial charge in [-0.3, -0.25) is 9.59 Å². The summed E-state index contributed by atoms with van der Waals surface area (Å²) in [7, 11) is 0. The molecule has 0 aromatic carbocycles. The third-order valence-electron chi connectivity index (χ3n) is 5.70. The van der Waals surface area contributed by atoms with Gasteiger partial charge in [0, 0.05) is 29.9 Å². The van der Waals surface area contributed by atoms with E-state index in [0.717, 1.165) is 32.1 Å². The van der Waals surface area contributed by atoms with E-state index in [4.69, 9.17) is 10.2 Å². The summed E-state index contributed by atoms with van der Waals surface area (Å²) in [6.07, 6.45) is 31.4. The number of allylic oxidation sites excluding steroid dienone is 3. The standard InChI is InChI=1S/C18H34O2.C11H20O2.Cu.Na.H/c1-2-3-4-5-6-7-8-9-10-11-12-13-14-15-16-17-18(19)20;1-2-3-4-5-6-7-8-9-10-11(12)13;;;/h9-10H,2-8,11-17H2,1H3,(H,19,20);2H,1,3-10H2,(H,12,13);;;/q;;;+1;-1/b10-9-;;;;. The van der Waals surface area contributed by atoms with Crippen LogP contribution in [0.3, 0.4) is 0 Å². The topological polar surface area (TPSA) is 74.6 Å². The van der Waals surface area contributed by atoms with Crippen molar-refractivity contribution in [3.05, 3.63) is 24.8 Å². The maximum Gasteiger partial charge on any atom is 1.00 e. The fourth-order valence-corrected chi connectivity index (χ4v) is 3.62. The van der Waals surface area contributed by atoms with Crippen molar-refractivity contribution < 1.29 is 67.9 Å².